The van der Waals surface area contributed by atoms with Gasteiger partial charge in [0.2, 0.25) is 0 Å². The van der Waals surface area contributed by atoms with Crippen molar-refractivity contribution in [1.82, 2.24) is 0 Å². The average Bonchev–Trinajstić information content (AvgIpc) is 1.81. The first-order valence-corrected chi connectivity index (χ1v) is 5.35. The Morgan fingerprint density at radius 2 is 1.88 bits per heavy atom. The lowest BCUT2D eigenvalue weighted by atomic mass is 10.9. The van der Waals surface area contributed by atoms with Gasteiger partial charge in [0, 0.05) is 17.4 Å². The first-order valence-electron chi connectivity index (χ1n) is 2.33. The highest BCUT2D eigenvalue weighted by atomic mass is 35.5. The molecule has 0 rings (SSSR count). The number of alkyl halides is 1. The predicted octanol–water partition coefficient (Wildman–Crippen LogP) is 1.60. The van der Waals surface area contributed by atoms with Crippen molar-refractivity contribution in [2.45, 2.75) is 0 Å². The molecule has 0 atom stereocenters. The molecule has 0 saturated carbocycles. The number of halogens is 1. The molecule has 0 aliphatic rings. The summed E-state index contributed by atoms with van der Waals surface area (Å²) in [5.41, 5.74) is 0. The lowest BCUT2D eigenvalue weighted by molar-refractivity contribution is 0.323. The van der Waals surface area contributed by atoms with E-state index in [9.17, 15) is 0 Å². The van der Waals surface area contributed by atoms with Crippen LogP contribution in [0.5, 0.6) is 0 Å². The normalized spacial score (nSPS) is 9.75. The first kappa shape index (κ1) is 8.95. The molecule has 4 heteroatoms. The van der Waals surface area contributed by atoms with Gasteiger partial charge in [0.1, 0.15) is 0 Å². The van der Waals surface area contributed by atoms with Crippen LogP contribution in [0.4, 0.5) is 0 Å². The van der Waals surface area contributed by atoms with Crippen LogP contribution < -0.4 is 0 Å². The molecular weight excluding hydrogens is 164 g/mol. The first-order chi connectivity index (χ1) is 3.91. The van der Waals surface area contributed by atoms with Gasteiger partial charge in [0.25, 0.3) is 0 Å². The maximum Gasteiger partial charge on any atom is 0.0530 e. The fraction of sp³-hybridized carbons (Fsp3) is 1.00. The molecule has 8 heavy (non-hydrogen) atoms. The zero-order valence-corrected chi connectivity index (χ0v) is 6.86. The predicted molar refractivity (Wildman–Crippen MR) is 42.7 cm³/mol. The molecule has 0 bridgehead atoms. The molecule has 0 heterocycles. The van der Waals surface area contributed by atoms with Crippen molar-refractivity contribution in [2.24, 2.45) is 0 Å². The van der Waals surface area contributed by atoms with E-state index >= 15 is 0 Å². The smallest absolute Gasteiger partial charge is 0.0530 e. The minimum Gasteiger partial charge on any atom is -0.395 e. The summed E-state index contributed by atoms with van der Waals surface area (Å²) in [4.78, 5) is 0. The summed E-state index contributed by atoms with van der Waals surface area (Å²) in [7, 11) is 3.36. The number of hydrogen-bond acceptors (Lipinski definition) is 3. The Labute approximate surface area is 62.6 Å². The summed E-state index contributed by atoms with van der Waals surface area (Å²) >= 11 is 5.38. The minimum atomic E-state index is 0.264. The Balaban J connectivity index is 2.53. The Bertz CT molecular complexity index is 39.0. The van der Waals surface area contributed by atoms with Crippen molar-refractivity contribution in [3.63, 3.8) is 0 Å². The van der Waals surface area contributed by atoms with E-state index in [-0.39, 0.29) is 6.61 Å². The van der Waals surface area contributed by atoms with Crippen LogP contribution in [-0.2, 0) is 0 Å². The van der Waals surface area contributed by atoms with Crippen LogP contribution in [0.25, 0.3) is 0 Å². The second-order valence-electron chi connectivity index (χ2n) is 1.06. The summed E-state index contributed by atoms with van der Waals surface area (Å²) in [6.07, 6.45) is 0. The van der Waals surface area contributed by atoms with Crippen LogP contribution in [0.3, 0.4) is 0 Å². The highest BCUT2D eigenvalue weighted by molar-refractivity contribution is 8.76. The maximum atomic E-state index is 8.30. The number of rotatable bonds is 5. The van der Waals surface area contributed by atoms with Gasteiger partial charge in [-0.05, 0) is 0 Å². The molecule has 1 N–H and O–H groups in total. The third-order valence-corrected chi connectivity index (χ3v) is 3.22. The van der Waals surface area contributed by atoms with E-state index in [0.717, 1.165) is 11.5 Å². The van der Waals surface area contributed by atoms with E-state index in [1.807, 2.05) is 0 Å². The van der Waals surface area contributed by atoms with E-state index in [1.165, 1.54) is 0 Å². The highest BCUT2D eigenvalue weighted by Gasteiger charge is 1.85. The zero-order valence-electron chi connectivity index (χ0n) is 4.47. The van der Waals surface area contributed by atoms with Crippen LogP contribution in [-0.4, -0.2) is 29.1 Å². The van der Waals surface area contributed by atoms with Crippen molar-refractivity contribution in [3.05, 3.63) is 0 Å². The molecule has 0 aromatic carbocycles. The fourth-order valence-corrected chi connectivity index (χ4v) is 2.25. The topological polar surface area (TPSA) is 20.2 Å². The van der Waals surface area contributed by atoms with Gasteiger partial charge in [-0.15, -0.1) is 11.6 Å². The Morgan fingerprint density at radius 1 is 1.25 bits per heavy atom. The molecule has 0 saturated heterocycles. The quantitative estimate of drug-likeness (QED) is 0.387. The summed E-state index contributed by atoms with van der Waals surface area (Å²) in [5.74, 6) is 2.47. The molecule has 50 valence electrons. The zero-order chi connectivity index (χ0) is 6.24. The van der Waals surface area contributed by atoms with Crippen LogP contribution in [0, 0.1) is 0 Å². The molecule has 1 nitrogen and oxygen atoms in total. The van der Waals surface area contributed by atoms with Gasteiger partial charge in [-0.25, -0.2) is 0 Å². The van der Waals surface area contributed by atoms with Crippen LogP contribution in [0.1, 0.15) is 0 Å². The third-order valence-electron chi connectivity index (χ3n) is 0.418. The van der Waals surface area contributed by atoms with E-state index in [1.54, 1.807) is 21.6 Å². The molecule has 0 aromatic rings. The Kier molecular flexibility index (Phi) is 8.89. The standard InChI is InChI=1S/C4H9ClOS2/c5-1-3-7-8-4-2-6/h6H,1-4H2. The van der Waals surface area contributed by atoms with Gasteiger partial charge >= 0.3 is 0 Å². The van der Waals surface area contributed by atoms with Crippen LogP contribution in [0.15, 0.2) is 0 Å². The summed E-state index contributed by atoms with van der Waals surface area (Å²) in [6.45, 7) is 0.264. The van der Waals surface area contributed by atoms with Gasteiger partial charge in [-0.3, -0.25) is 0 Å². The molecule has 0 spiro atoms. The fourth-order valence-electron chi connectivity index (χ4n) is 0.187. The monoisotopic (exact) mass is 172 g/mol. The lowest BCUT2D eigenvalue weighted by Gasteiger charge is -1.92. The van der Waals surface area contributed by atoms with Gasteiger partial charge in [-0.1, -0.05) is 21.6 Å². The van der Waals surface area contributed by atoms with Crippen molar-refractivity contribution in [2.75, 3.05) is 24.0 Å². The summed E-state index contributed by atoms with van der Waals surface area (Å²) in [5, 5.41) is 8.30. The molecule has 0 amide bonds. The number of aliphatic hydroxyl groups excluding tert-OH is 1. The number of aliphatic hydroxyl groups is 1. The summed E-state index contributed by atoms with van der Waals surface area (Å²) < 4.78 is 0. The van der Waals surface area contributed by atoms with Crippen LogP contribution >= 0.6 is 33.2 Å². The van der Waals surface area contributed by atoms with Gasteiger partial charge < -0.3 is 5.11 Å². The molecule has 0 fully saturated rings. The SMILES string of the molecule is OCCSSCCCl. The Hall–Kier alpha value is 0.950. The van der Waals surface area contributed by atoms with Crippen molar-refractivity contribution in [1.29, 1.82) is 0 Å². The van der Waals surface area contributed by atoms with E-state index in [0.29, 0.717) is 5.88 Å². The highest BCUT2D eigenvalue weighted by Crippen LogP contribution is 2.19. The van der Waals surface area contributed by atoms with E-state index < -0.39 is 0 Å². The van der Waals surface area contributed by atoms with Gasteiger partial charge in [0.05, 0.1) is 6.61 Å². The molecular formula is C4H9ClOS2. The Morgan fingerprint density at radius 3 is 2.38 bits per heavy atom. The van der Waals surface area contributed by atoms with Gasteiger partial charge in [-0.2, -0.15) is 0 Å². The molecule has 0 unspecified atom stereocenters. The molecule has 0 aromatic heterocycles. The van der Waals surface area contributed by atoms with Crippen LogP contribution in [0.2, 0.25) is 0 Å². The number of hydrogen-bond donors (Lipinski definition) is 1. The summed E-state index contributed by atoms with van der Waals surface area (Å²) in [6, 6.07) is 0. The van der Waals surface area contributed by atoms with Crippen molar-refractivity contribution >= 4 is 33.2 Å². The molecule has 0 radical (unpaired) electrons. The third kappa shape index (κ3) is 6.95. The van der Waals surface area contributed by atoms with Crippen molar-refractivity contribution < 1.29 is 5.11 Å². The van der Waals surface area contributed by atoms with E-state index in [2.05, 4.69) is 0 Å². The van der Waals surface area contributed by atoms with E-state index in [4.69, 9.17) is 16.7 Å². The minimum absolute atomic E-state index is 0.264. The largest absolute Gasteiger partial charge is 0.395 e. The lowest BCUT2D eigenvalue weighted by Crippen LogP contribution is -1.83. The van der Waals surface area contributed by atoms with Gasteiger partial charge in [0.15, 0.2) is 0 Å². The second-order valence-corrected chi connectivity index (χ2v) is 4.14. The van der Waals surface area contributed by atoms with Crippen molar-refractivity contribution in [3.8, 4) is 0 Å². The molecule has 0 aliphatic carbocycles. The molecule has 0 aliphatic heterocycles. The average molecular weight is 173 g/mol. The maximum absolute atomic E-state index is 8.30. The second kappa shape index (κ2) is 7.95.